The predicted molar refractivity (Wildman–Crippen MR) is 39.7 cm³/mol. The minimum absolute atomic E-state index is 0.273. The zero-order valence-corrected chi connectivity index (χ0v) is 6.36. The number of rotatable bonds is 1. The maximum atomic E-state index is 8.15. The van der Waals surface area contributed by atoms with Crippen molar-refractivity contribution in [2.75, 3.05) is 0 Å². The molecule has 0 amide bonds. The van der Waals surface area contributed by atoms with E-state index in [2.05, 4.69) is 4.89 Å². The second-order valence-electron chi connectivity index (χ2n) is 1.67. The lowest BCUT2D eigenvalue weighted by Gasteiger charge is -1.97. The molecule has 0 aliphatic heterocycles. The van der Waals surface area contributed by atoms with Crippen molar-refractivity contribution in [3.8, 4) is 5.75 Å². The van der Waals surface area contributed by atoms with Crippen molar-refractivity contribution in [1.82, 2.24) is 0 Å². The lowest BCUT2D eigenvalue weighted by Crippen LogP contribution is -1.82. The fourth-order valence-electron chi connectivity index (χ4n) is 0.534. The van der Waals surface area contributed by atoms with Gasteiger partial charge in [-0.1, -0.05) is 23.2 Å². The van der Waals surface area contributed by atoms with Gasteiger partial charge in [0.15, 0.2) is 5.75 Å². The third kappa shape index (κ3) is 1.53. The van der Waals surface area contributed by atoms with Crippen molar-refractivity contribution in [3.63, 3.8) is 0 Å². The summed E-state index contributed by atoms with van der Waals surface area (Å²) < 4.78 is 0. The molecule has 10 heavy (non-hydrogen) atoms. The van der Waals surface area contributed by atoms with Crippen LogP contribution in [0.1, 0.15) is 0 Å². The summed E-state index contributed by atoms with van der Waals surface area (Å²) >= 11 is 11.1. The first-order chi connectivity index (χ1) is 4.74. The molecular formula is C6H4Cl2O2. The molecule has 0 radical (unpaired) electrons. The van der Waals surface area contributed by atoms with Crippen molar-refractivity contribution >= 4 is 23.2 Å². The van der Waals surface area contributed by atoms with Gasteiger partial charge in [0.2, 0.25) is 0 Å². The molecule has 0 spiro atoms. The van der Waals surface area contributed by atoms with Crippen LogP contribution in [0.2, 0.25) is 10.0 Å². The number of hydrogen-bond acceptors (Lipinski definition) is 2. The van der Waals surface area contributed by atoms with Crippen LogP contribution in [0.3, 0.4) is 0 Å². The Kier molecular flexibility index (Phi) is 2.38. The fraction of sp³-hybridized carbons (Fsp3) is 0. The average Bonchev–Trinajstić information content (AvgIpc) is 1.95. The van der Waals surface area contributed by atoms with Crippen LogP contribution in [-0.2, 0) is 0 Å². The Morgan fingerprint density at radius 3 is 2.40 bits per heavy atom. The number of hydrogen-bond donors (Lipinski definition) is 1. The fourth-order valence-corrected chi connectivity index (χ4v) is 0.822. The van der Waals surface area contributed by atoms with Crippen LogP contribution < -0.4 is 4.89 Å². The number of benzene rings is 1. The molecule has 1 rings (SSSR count). The van der Waals surface area contributed by atoms with Gasteiger partial charge in [-0.3, -0.25) is 0 Å². The largest absolute Gasteiger partial charge is 0.340 e. The van der Waals surface area contributed by atoms with E-state index in [-0.39, 0.29) is 5.75 Å². The second-order valence-corrected chi connectivity index (χ2v) is 2.48. The molecule has 0 aromatic heterocycles. The highest BCUT2D eigenvalue weighted by atomic mass is 35.5. The first-order valence-electron chi connectivity index (χ1n) is 2.50. The first-order valence-corrected chi connectivity index (χ1v) is 3.26. The van der Waals surface area contributed by atoms with E-state index in [4.69, 9.17) is 28.5 Å². The Balaban J connectivity index is 3.04. The highest BCUT2D eigenvalue weighted by molar-refractivity contribution is 6.42. The summed E-state index contributed by atoms with van der Waals surface area (Å²) in [4.78, 5) is 3.91. The summed E-state index contributed by atoms with van der Waals surface area (Å²) in [5.74, 6) is 0.273. The molecule has 4 heteroatoms. The van der Waals surface area contributed by atoms with Gasteiger partial charge in [0, 0.05) is 6.07 Å². The van der Waals surface area contributed by atoms with Gasteiger partial charge < -0.3 is 4.89 Å². The molecule has 1 aromatic rings. The normalized spacial score (nSPS) is 9.50. The van der Waals surface area contributed by atoms with Crippen LogP contribution in [0.15, 0.2) is 18.2 Å². The molecule has 54 valence electrons. The summed E-state index contributed by atoms with van der Waals surface area (Å²) in [5, 5.41) is 8.94. The average molecular weight is 179 g/mol. The lowest BCUT2D eigenvalue weighted by atomic mass is 10.3. The molecule has 0 saturated heterocycles. The molecule has 2 nitrogen and oxygen atoms in total. The summed E-state index contributed by atoms with van der Waals surface area (Å²) in [6.45, 7) is 0. The second kappa shape index (κ2) is 3.10. The van der Waals surface area contributed by atoms with Crippen LogP contribution >= 0.6 is 23.2 Å². The standard InChI is InChI=1S/C6H4Cl2O2/c7-5-2-1-4(10-9)3-6(5)8/h1-3,9H. The lowest BCUT2D eigenvalue weighted by molar-refractivity contribution is -0.137. The molecule has 0 atom stereocenters. The highest BCUT2D eigenvalue weighted by Gasteiger charge is 1.98. The summed E-state index contributed by atoms with van der Waals surface area (Å²) in [6.07, 6.45) is 0. The molecule has 0 saturated carbocycles. The van der Waals surface area contributed by atoms with E-state index in [1.165, 1.54) is 18.2 Å². The van der Waals surface area contributed by atoms with E-state index in [9.17, 15) is 0 Å². The Morgan fingerprint density at radius 2 is 1.90 bits per heavy atom. The van der Waals surface area contributed by atoms with Crippen LogP contribution in [0, 0.1) is 0 Å². The smallest absolute Gasteiger partial charge is 0.166 e. The zero-order chi connectivity index (χ0) is 7.56. The van der Waals surface area contributed by atoms with Crippen LogP contribution in [0.5, 0.6) is 5.75 Å². The zero-order valence-electron chi connectivity index (χ0n) is 4.84. The minimum atomic E-state index is 0.273. The Bertz CT molecular complexity index is 237. The maximum absolute atomic E-state index is 8.15. The summed E-state index contributed by atoms with van der Waals surface area (Å²) in [6, 6.07) is 4.47. The Labute approximate surface area is 67.9 Å². The van der Waals surface area contributed by atoms with E-state index in [1.54, 1.807) is 0 Å². The van der Waals surface area contributed by atoms with Gasteiger partial charge in [0.05, 0.1) is 10.0 Å². The molecule has 1 aromatic carbocycles. The van der Waals surface area contributed by atoms with E-state index in [0.29, 0.717) is 10.0 Å². The molecule has 1 N–H and O–H groups in total. The monoisotopic (exact) mass is 178 g/mol. The van der Waals surface area contributed by atoms with Crippen LogP contribution in [0.4, 0.5) is 0 Å². The van der Waals surface area contributed by atoms with Crippen molar-refractivity contribution in [2.24, 2.45) is 0 Å². The summed E-state index contributed by atoms with van der Waals surface area (Å²) in [5.41, 5.74) is 0. The van der Waals surface area contributed by atoms with Crippen molar-refractivity contribution < 1.29 is 10.1 Å². The quantitative estimate of drug-likeness (QED) is 0.530. The third-order valence-corrected chi connectivity index (χ3v) is 1.74. The van der Waals surface area contributed by atoms with Gasteiger partial charge in [-0.15, -0.1) is 0 Å². The molecule has 0 aliphatic rings. The molecular weight excluding hydrogens is 175 g/mol. The van der Waals surface area contributed by atoms with E-state index >= 15 is 0 Å². The predicted octanol–water partition coefficient (Wildman–Crippen LogP) is 2.85. The van der Waals surface area contributed by atoms with Gasteiger partial charge >= 0.3 is 0 Å². The van der Waals surface area contributed by atoms with E-state index in [0.717, 1.165) is 0 Å². The number of halogens is 2. The molecule has 0 aliphatic carbocycles. The molecule has 0 unspecified atom stereocenters. The Hall–Kier alpha value is -0.440. The topological polar surface area (TPSA) is 29.5 Å². The third-order valence-electron chi connectivity index (χ3n) is 0.996. The highest BCUT2D eigenvalue weighted by Crippen LogP contribution is 2.25. The van der Waals surface area contributed by atoms with Gasteiger partial charge in [-0.25, -0.2) is 5.26 Å². The molecule has 0 fully saturated rings. The molecule has 0 bridgehead atoms. The first kappa shape index (κ1) is 7.66. The van der Waals surface area contributed by atoms with Gasteiger partial charge in [-0.05, 0) is 12.1 Å². The SMILES string of the molecule is OOc1ccc(Cl)c(Cl)c1. The van der Waals surface area contributed by atoms with Gasteiger partial charge in [0.1, 0.15) is 0 Å². The van der Waals surface area contributed by atoms with Crippen LogP contribution in [0.25, 0.3) is 0 Å². The van der Waals surface area contributed by atoms with Gasteiger partial charge in [0.25, 0.3) is 0 Å². The van der Waals surface area contributed by atoms with E-state index < -0.39 is 0 Å². The minimum Gasteiger partial charge on any atom is -0.340 e. The van der Waals surface area contributed by atoms with E-state index in [1.807, 2.05) is 0 Å². The van der Waals surface area contributed by atoms with Crippen molar-refractivity contribution in [1.29, 1.82) is 0 Å². The Morgan fingerprint density at radius 1 is 1.20 bits per heavy atom. The maximum Gasteiger partial charge on any atom is 0.166 e. The van der Waals surface area contributed by atoms with Gasteiger partial charge in [-0.2, -0.15) is 0 Å². The summed E-state index contributed by atoms with van der Waals surface area (Å²) in [7, 11) is 0. The van der Waals surface area contributed by atoms with Crippen molar-refractivity contribution in [2.45, 2.75) is 0 Å². The van der Waals surface area contributed by atoms with Crippen LogP contribution in [-0.4, -0.2) is 5.26 Å². The van der Waals surface area contributed by atoms with Crippen molar-refractivity contribution in [3.05, 3.63) is 28.2 Å². The molecule has 0 heterocycles.